The first-order valence-electron chi connectivity index (χ1n) is 10.8. The zero-order valence-corrected chi connectivity index (χ0v) is 17.0. The number of aryl methyl sites for hydroxylation is 1. The number of amides is 2. The molecular formula is C24H23N5O2. The van der Waals surface area contributed by atoms with Gasteiger partial charge in [-0.05, 0) is 43.0 Å². The summed E-state index contributed by atoms with van der Waals surface area (Å²) >= 11 is 0. The van der Waals surface area contributed by atoms with E-state index < -0.39 is 0 Å². The van der Waals surface area contributed by atoms with Crippen LogP contribution in [0.3, 0.4) is 0 Å². The SMILES string of the molecule is O=C(N[C@@H]1CCCc2c1[nH]c1ccccc21)[C@@H]1CC(=O)N(c2n[nH]c3ccccc23)C1. The van der Waals surface area contributed by atoms with Gasteiger partial charge in [-0.25, -0.2) is 0 Å². The molecule has 1 aliphatic heterocycles. The molecule has 0 saturated carbocycles. The molecule has 2 aromatic heterocycles. The van der Waals surface area contributed by atoms with Crippen molar-refractivity contribution < 1.29 is 9.59 Å². The van der Waals surface area contributed by atoms with E-state index in [1.165, 1.54) is 10.9 Å². The standard InChI is InChI=1S/C24H23N5O2/c30-21-12-14(13-29(21)23-17-7-2-4-10-19(17)27-28-23)24(31)26-20-11-5-8-16-15-6-1-3-9-18(15)25-22(16)20/h1-4,6-7,9-10,14,20,25H,5,8,11-13H2,(H,26,31)(H,27,28)/t14-,20-/m1/s1. The lowest BCUT2D eigenvalue weighted by molar-refractivity contribution is -0.127. The van der Waals surface area contributed by atoms with Gasteiger partial charge in [-0.2, -0.15) is 5.10 Å². The van der Waals surface area contributed by atoms with Crippen LogP contribution in [-0.2, 0) is 16.0 Å². The first-order valence-corrected chi connectivity index (χ1v) is 10.8. The number of carbonyl (C=O) groups is 2. The Bertz CT molecular complexity index is 1320. The highest BCUT2D eigenvalue weighted by molar-refractivity contribution is 6.05. The van der Waals surface area contributed by atoms with Crippen molar-refractivity contribution in [1.29, 1.82) is 0 Å². The molecule has 7 nitrogen and oxygen atoms in total. The van der Waals surface area contributed by atoms with E-state index in [1.807, 2.05) is 30.3 Å². The van der Waals surface area contributed by atoms with Crippen molar-refractivity contribution in [2.45, 2.75) is 31.7 Å². The highest BCUT2D eigenvalue weighted by Gasteiger charge is 2.38. The minimum absolute atomic E-state index is 0.0426. The van der Waals surface area contributed by atoms with Gasteiger partial charge in [0.25, 0.3) is 0 Å². The molecule has 1 aliphatic carbocycles. The Kier molecular flexibility index (Phi) is 4.09. The second kappa shape index (κ2) is 6.97. The van der Waals surface area contributed by atoms with Crippen molar-refractivity contribution in [2.75, 3.05) is 11.4 Å². The zero-order chi connectivity index (χ0) is 20.9. The molecule has 0 unspecified atom stereocenters. The van der Waals surface area contributed by atoms with Crippen LogP contribution in [0.15, 0.2) is 48.5 Å². The van der Waals surface area contributed by atoms with E-state index in [2.05, 4.69) is 38.7 Å². The van der Waals surface area contributed by atoms with E-state index in [0.717, 1.165) is 41.4 Å². The molecule has 7 heteroatoms. The average Bonchev–Trinajstić information content (AvgIpc) is 3.49. The Morgan fingerprint density at radius 3 is 2.71 bits per heavy atom. The van der Waals surface area contributed by atoms with Gasteiger partial charge in [0.05, 0.1) is 17.5 Å². The lowest BCUT2D eigenvalue weighted by Crippen LogP contribution is -2.37. The lowest BCUT2D eigenvalue weighted by Gasteiger charge is -2.25. The molecule has 0 radical (unpaired) electrons. The van der Waals surface area contributed by atoms with Gasteiger partial charge >= 0.3 is 0 Å². The molecule has 2 atom stereocenters. The highest BCUT2D eigenvalue weighted by Crippen LogP contribution is 2.35. The lowest BCUT2D eigenvalue weighted by atomic mass is 9.91. The number of H-pyrrole nitrogens is 2. The zero-order valence-electron chi connectivity index (χ0n) is 17.0. The minimum atomic E-state index is -0.377. The number of nitrogens with zero attached hydrogens (tertiary/aromatic N) is 2. The van der Waals surface area contributed by atoms with Crippen LogP contribution < -0.4 is 10.2 Å². The Hall–Kier alpha value is -3.61. The number of aromatic nitrogens is 3. The van der Waals surface area contributed by atoms with Gasteiger partial charge in [0.1, 0.15) is 0 Å². The topological polar surface area (TPSA) is 93.9 Å². The molecule has 4 aromatic rings. The van der Waals surface area contributed by atoms with Crippen LogP contribution >= 0.6 is 0 Å². The van der Waals surface area contributed by atoms with Crippen LogP contribution in [0.5, 0.6) is 0 Å². The summed E-state index contributed by atoms with van der Waals surface area (Å²) in [5.74, 6) is 0.101. The largest absolute Gasteiger partial charge is 0.356 e. The molecule has 6 rings (SSSR count). The van der Waals surface area contributed by atoms with Crippen LogP contribution in [0.25, 0.3) is 21.8 Å². The predicted molar refractivity (Wildman–Crippen MR) is 119 cm³/mol. The summed E-state index contributed by atoms with van der Waals surface area (Å²) in [6, 6.07) is 16.0. The van der Waals surface area contributed by atoms with E-state index in [9.17, 15) is 9.59 Å². The van der Waals surface area contributed by atoms with Crippen molar-refractivity contribution in [3.05, 3.63) is 59.8 Å². The highest BCUT2D eigenvalue weighted by atomic mass is 16.2. The Morgan fingerprint density at radius 2 is 1.84 bits per heavy atom. The second-order valence-corrected chi connectivity index (χ2v) is 8.51. The summed E-state index contributed by atoms with van der Waals surface area (Å²) in [6.07, 6.45) is 3.17. The van der Waals surface area contributed by atoms with Crippen molar-refractivity contribution in [3.63, 3.8) is 0 Å². The predicted octanol–water partition coefficient (Wildman–Crippen LogP) is 3.59. The third-order valence-electron chi connectivity index (χ3n) is 6.63. The van der Waals surface area contributed by atoms with E-state index in [4.69, 9.17) is 0 Å². The van der Waals surface area contributed by atoms with Gasteiger partial charge in [0, 0.05) is 34.9 Å². The van der Waals surface area contributed by atoms with Crippen LogP contribution in [0.1, 0.15) is 36.6 Å². The third-order valence-corrected chi connectivity index (χ3v) is 6.63. The van der Waals surface area contributed by atoms with Crippen molar-refractivity contribution in [3.8, 4) is 0 Å². The van der Waals surface area contributed by atoms with Gasteiger partial charge in [0.2, 0.25) is 11.8 Å². The average molecular weight is 413 g/mol. The molecule has 3 N–H and O–H groups in total. The van der Waals surface area contributed by atoms with Crippen LogP contribution in [0.4, 0.5) is 5.82 Å². The first-order chi connectivity index (χ1) is 15.2. The molecule has 0 bridgehead atoms. The number of benzene rings is 2. The van der Waals surface area contributed by atoms with Gasteiger partial charge < -0.3 is 10.3 Å². The fraction of sp³-hybridized carbons (Fsp3) is 0.292. The van der Waals surface area contributed by atoms with Crippen molar-refractivity contribution in [2.24, 2.45) is 5.92 Å². The molecule has 1 saturated heterocycles. The van der Waals surface area contributed by atoms with Gasteiger partial charge in [-0.1, -0.05) is 30.3 Å². The fourth-order valence-electron chi connectivity index (χ4n) is 5.09. The Labute approximate surface area is 178 Å². The molecule has 31 heavy (non-hydrogen) atoms. The minimum Gasteiger partial charge on any atom is -0.356 e. The normalized spacial score (nSPS) is 21.0. The summed E-state index contributed by atoms with van der Waals surface area (Å²) in [6.45, 7) is 0.353. The maximum atomic E-state index is 13.1. The fourth-order valence-corrected chi connectivity index (χ4v) is 5.09. The second-order valence-electron chi connectivity index (χ2n) is 8.51. The number of anilines is 1. The Balaban J connectivity index is 1.22. The summed E-state index contributed by atoms with van der Waals surface area (Å²) in [4.78, 5) is 31.0. The van der Waals surface area contributed by atoms with Crippen molar-refractivity contribution in [1.82, 2.24) is 20.5 Å². The molecular weight excluding hydrogens is 390 g/mol. The summed E-state index contributed by atoms with van der Waals surface area (Å²) in [5, 5.41) is 12.7. The smallest absolute Gasteiger partial charge is 0.229 e. The molecule has 2 amide bonds. The van der Waals surface area contributed by atoms with E-state index in [-0.39, 0.29) is 30.2 Å². The number of fused-ring (bicyclic) bond motifs is 4. The number of para-hydroxylation sites is 2. The number of carbonyl (C=O) groups excluding carboxylic acids is 2. The molecule has 156 valence electrons. The van der Waals surface area contributed by atoms with Gasteiger partial charge in [-0.3, -0.25) is 19.6 Å². The van der Waals surface area contributed by atoms with E-state index in [1.54, 1.807) is 4.90 Å². The maximum Gasteiger partial charge on any atom is 0.229 e. The molecule has 2 aliphatic rings. The maximum absolute atomic E-state index is 13.1. The molecule has 3 heterocycles. The van der Waals surface area contributed by atoms with Crippen LogP contribution in [0.2, 0.25) is 0 Å². The third kappa shape index (κ3) is 2.91. The number of aromatic amines is 2. The number of rotatable bonds is 3. The summed E-state index contributed by atoms with van der Waals surface area (Å²) in [7, 11) is 0. The number of hydrogen-bond donors (Lipinski definition) is 3. The quantitative estimate of drug-likeness (QED) is 0.479. The van der Waals surface area contributed by atoms with Crippen LogP contribution in [-0.4, -0.2) is 33.5 Å². The summed E-state index contributed by atoms with van der Waals surface area (Å²) < 4.78 is 0. The van der Waals surface area contributed by atoms with E-state index >= 15 is 0 Å². The van der Waals surface area contributed by atoms with Gasteiger partial charge in [0.15, 0.2) is 5.82 Å². The number of nitrogens with one attached hydrogen (secondary N) is 3. The Morgan fingerprint density at radius 1 is 1.06 bits per heavy atom. The first kappa shape index (κ1) is 18.2. The monoisotopic (exact) mass is 413 g/mol. The molecule has 1 fully saturated rings. The van der Waals surface area contributed by atoms with Crippen LogP contribution in [0, 0.1) is 5.92 Å². The van der Waals surface area contributed by atoms with E-state index in [0.29, 0.717) is 12.4 Å². The summed E-state index contributed by atoms with van der Waals surface area (Å²) in [5.41, 5.74) is 4.41. The molecule has 0 spiro atoms. The number of hydrogen-bond acceptors (Lipinski definition) is 3. The molecule has 2 aromatic carbocycles. The van der Waals surface area contributed by atoms with Gasteiger partial charge in [-0.15, -0.1) is 0 Å². The van der Waals surface area contributed by atoms with Crippen molar-refractivity contribution >= 4 is 39.4 Å².